The van der Waals surface area contributed by atoms with Crippen LogP contribution in [0.2, 0.25) is 0 Å². The first-order chi connectivity index (χ1) is 19.5. The number of carbonyl (C=O) groups excluding carboxylic acids is 1. The van der Waals surface area contributed by atoms with Crippen LogP contribution in [0.15, 0.2) is 40.9 Å². The molecule has 0 fully saturated rings. The number of aliphatic carboxylic acids is 1. The van der Waals surface area contributed by atoms with Gasteiger partial charge in [0, 0.05) is 17.5 Å². The molecule has 1 aliphatic heterocycles. The van der Waals surface area contributed by atoms with Crippen molar-refractivity contribution < 1.29 is 33.4 Å². The molecule has 0 bridgehead atoms. The second-order valence-electron chi connectivity index (χ2n) is 11.0. The maximum absolute atomic E-state index is 13.2. The maximum atomic E-state index is 13.2. The van der Waals surface area contributed by atoms with Crippen molar-refractivity contribution in [1.82, 2.24) is 15.0 Å². The van der Waals surface area contributed by atoms with Crippen molar-refractivity contribution in [3.63, 3.8) is 0 Å². The van der Waals surface area contributed by atoms with E-state index in [0.717, 1.165) is 0 Å². The number of carboxylic acid groups (broad SMARTS) is 1. The van der Waals surface area contributed by atoms with E-state index in [4.69, 9.17) is 18.7 Å². The van der Waals surface area contributed by atoms with Gasteiger partial charge in [-0.3, -0.25) is 9.69 Å². The van der Waals surface area contributed by atoms with Gasteiger partial charge in [-0.15, -0.1) is 0 Å². The van der Waals surface area contributed by atoms with Crippen LogP contribution in [-0.4, -0.2) is 57.1 Å². The third-order valence-electron chi connectivity index (χ3n) is 6.23. The van der Waals surface area contributed by atoms with Crippen molar-refractivity contribution in [3.8, 4) is 40.4 Å². The molecule has 0 aliphatic carbocycles. The van der Waals surface area contributed by atoms with Gasteiger partial charge in [-0.05, 0) is 71.7 Å². The van der Waals surface area contributed by atoms with Crippen LogP contribution in [0.4, 0.5) is 4.79 Å². The normalized spacial score (nSPS) is 15.0. The van der Waals surface area contributed by atoms with Crippen LogP contribution in [0.3, 0.4) is 0 Å². The van der Waals surface area contributed by atoms with E-state index in [9.17, 15) is 20.0 Å². The van der Waals surface area contributed by atoms with Crippen molar-refractivity contribution >= 4 is 12.1 Å². The Morgan fingerprint density at radius 2 is 2.02 bits per heavy atom. The highest BCUT2D eigenvalue weighted by Gasteiger charge is 2.34. The maximum Gasteiger partial charge on any atom is 0.410 e. The predicted octanol–water partition coefficient (Wildman–Crippen LogP) is 5.99. The van der Waals surface area contributed by atoms with Gasteiger partial charge in [-0.2, -0.15) is 10.2 Å². The molecule has 216 valence electrons. The van der Waals surface area contributed by atoms with Gasteiger partial charge in [-0.1, -0.05) is 17.3 Å². The summed E-state index contributed by atoms with van der Waals surface area (Å²) in [7, 11) is 0. The standard InChI is InChI=1S/C30H34N4O7/c1-18(2)39-24-13-12-19(16-20(24)17-31)28-32-27(33-41-28)22-9-6-8-21-23(10-7-11-25(35)36)34(14-15-38-26(21)22)29(37)40-30(3,4)5/h6,8-9,12-13,16,18,23H,7,10-11,14-15H2,1-5H3,(H,35,36). The first-order valence-corrected chi connectivity index (χ1v) is 13.5. The van der Waals surface area contributed by atoms with Crippen LogP contribution in [-0.2, 0) is 9.53 Å². The smallest absolute Gasteiger partial charge is 0.410 e. The number of carboxylic acids is 1. The fourth-order valence-electron chi connectivity index (χ4n) is 4.58. The number of carbonyl (C=O) groups is 2. The van der Waals surface area contributed by atoms with Gasteiger partial charge in [0.15, 0.2) is 0 Å². The second kappa shape index (κ2) is 12.3. The van der Waals surface area contributed by atoms with Crippen LogP contribution in [0.25, 0.3) is 22.8 Å². The van der Waals surface area contributed by atoms with Gasteiger partial charge in [0.2, 0.25) is 5.82 Å². The van der Waals surface area contributed by atoms with Crippen LogP contribution in [0, 0.1) is 11.3 Å². The van der Waals surface area contributed by atoms with E-state index in [-0.39, 0.29) is 37.4 Å². The summed E-state index contributed by atoms with van der Waals surface area (Å²) in [6, 6.07) is 12.2. The molecule has 3 aromatic rings. The first-order valence-electron chi connectivity index (χ1n) is 13.5. The molecule has 2 heterocycles. The van der Waals surface area contributed by atoms with Crippen molar-refractivity contribution in [2.24, 2.45) is 0 Å². The van der Waals surface area contributed by atoms with Crippen molar-refractivity contribution in [2.45, 2.75) is 71.6 Å². The van der Waals surface area contributed by atoms with Crippen LogP contribution >= 0.6 is 0 Å². The lowest BCUT2D eigenvalue weighted by Crippen LogP contribution is -2.40. The summed E-state index contributed by atoms with van der Waals surface area (Å²) in [5.41, 5.74) is 1.46. The zero-order chi connectivity index (χ0) is 29.7. The highest BCUT2D eigenvalue weighted by molar-refractivity contribution is 5.73. The van der Waals surface area contributed by atoms with Gasteiger partial charge in [0.1, 0.15) is 29.8 Å². The fraction of sp³-hybridized carbons (Fsp3) is 0.433. The summed E-state index contributed by atoms with van der Waals surface area (Å²) in [6.45, 7) is 9.59. The fourth-order valence-corrected chi connectivity index (χ4v) is 4.58. The lowest BCUT2D eigenvalue weighted by Gasteiger charge is -2.32. The van der Waals surface area contributed by atoms with E-state index in [2.05, 4.69) is 16.2 Å². The molecule has 0 spiro atoms. The molecular formula is C30H34N4O7. The first kappa shape index (κ1) is 29.4. The molecule has 0 radical (unpaired) electrons. The van der Waals surface area contributed by atoms with E-state index in [1.165, 1.54) is 0 Å². The van der Waals surface area contributed by atoms with Gasteiger partial charge in [0.25, 0.3) is 5.89 Å². The summed E-state index contributed by atoms with van der Waals surface area (Å²) in [5, 5.41) is 23.0. The molecule has 11 heteroatoms. The Morgan fingerprint density at radius 3 is 2.71 bits per heavy atom. The Hall–Kier alpha value is -4.59. The monoisotopic (exact) mass is 562 g/mol. The zero-order valence-corrected chi connectivity index (χ0v) is 23.8. The number of amides is 1. The van der Waals surface area contributed by atoms with Crippen molar-refractivity contribution in [3.05, 3.63) is 47.5 Å². The molecule has 2 aromatic carbocycles. The molecule has 11 nitrogen and oxygen atoms in total. The predicted molar refractivity (Wildman–Crippen MR) is 148 cm³/mol. The lowest BCUT2D eigenvalue weighted by atomic mass is 9.96. The number of benzene rings is 2. The van der Waals surface area contributed by atoms with E-state index in [1.54, 1.807) is 49.9 Å². The number of aromatic nitrogens is 2. The van der Waals surface area contributed by atoms with E-state index in [1.807, 2.05) is 26.0 Å². The van der Waals surface area contributed by atoms with Gasteiger partial charge < -0.3 is 23.8 Å². The SMILES string of the molecule is CC(C)Oc1ccc(-c2nc(-c3cccc4c3OCCN(C(=O)OC(C)(C)C)C4CCCC(=O)O)no2)cc1C#N. The molecule has 4 rings (SSSR count). The van der Waals surface area contributed by atoms with Crippen LogP contribution < -0.4 is 9.47 Å². The number of para-hydroxylation sites is 1. The Labute approximate surface area is 238 Å². The summed E-state index contributed by atoms with van der Waals surface area (Å²) in [6.07, 6.45) is 0.127. The Balaban J connectivity index is 1.70. The highest BCUT2D eigenvalue weighted by Crippen LogP contribution is 2.42. The summed E-state index contributed by atoms with van der Waals surface area (Å²) in [5.74, 6) is 0.538. The Kier molecular flexibility index (Phi) is 8.81. The zero-order valence-electron chi connectivity index (χ0n) is 23.8. The van der Waals surface area contributed by atoms with E-state index in [0.29, 0.717) is 46.6 Å². The van der Waals surface area contributed by atoms with Crippen molar-refractivity contribution in [2.75, 3.05) is 13.2 Å². The molecule has 1 amide bonds. The van der Waals surface area contributed by atoms with E-state index >= 15 is 0 Å². The number of hydrogen-bond acceptors (Lipinski definition) is 9. The molecule has 1 N–H and O–H groups in total. The van der Waals surface area contributed by atoms with Gasteiger partial charge >= 0.3 is 12.1 Å². The summed E-state index contributed by atoms with van der Waals surface area (Å²) < 4.78 is 23.1. The number of rotatable bonds is 8. The molecule has 1 aromatic heterocycles. The third-order valence-corrected chi connectivity index (χ3v) is 6.23. The second-order valence-corrected chi connectivity index (χ2v) is 11.0. The number of ether oxygens (including phenoxy) is 3. The number of nitriles is 1. The molecule has 1 aliphatic rings. The minimum Gasteiger partial charge on any atom is -0.491 e. The summed E-state index contributed by atoms with van der Waals surface area (Å²) in [4.78, 5) is 30.6. The minimum absolute atomic E-state index is 0.0333. The number of hydrogen-bond donors (Lipinski definition) is 1. The molecule has 0 saturated heterocycles. The minimum atomic E-state index is -0.907. The average Bonchev–Trinajstić information content (AvgIpc) is 3.30. The van der Waals surface area contributed by atoms with Crippen molar-refractivity contribution in [1.29, 1.82) is 5.26 Å². The van der Waals surface area contributed by atoms with Crippen LogP contribution in [0.5, 0.6) is 11.5 Å². The lowest BCUT2D eigenvalue weighted by molar-refractivity contribution is -0.137. The Morgan fingerprint density at radius 1 is 1.24 bits per heavy atom. The molecular weight excluding hydrogens is 528 g/mol. The van der Waals surface area contributed by atoms with Gasteiger partial charge in [-0.25, -0.2) is 4.79 Å². The molecule has 1 unspecified atom stereocenters. The molecule has 0 saturated carbocycles. The summed E-state index contributed by atoms with van der Waals surface area (Å²) >= 11 is 0. The number of fused-ring (bicyclic) bond motifs is 1. The highest BCUT2D eigenvalue weighted by atomic mass is 16.6. The topological polar surface area (TPSA) is 148 Å². The number of nitrogens with zero attached hydrogens (tertiary/aromatic N) is 4. The quantitative estimate of drug-likeness (QED) is 0.347. The molecule has 1 atom stereocenters. The van der Waals surface area contributed by atoms with Gasteiger partial charge in [0.05, 0.1) is 29.8 Å². The average molecular weight is 563 g/mol. The molecule has 41 heavy (non-hydrogen) atoms. The van der Waals surface area contributed by atoms with Crippen LogP contribution in [0.1, 0.15) is 71.0 Å². The third kappa shape index (κ3) is 7.14. The Bertz CT molecular complexity index is 1450. The largest absolute Gasteiger partial charge is 0.491 e. The van der Waals surface area contributed by atoms with E-state index < -0.39 is 23.7 Å².